The zero-order valence-corrected chi connectivity index (χ0v) is 17.5. The normalized spacial score (nSPS) is 17.6. The molecule has 0 amide bonds. The van der Waals surface area contributed by atoms with Gasteiger partial charge in [-0.2, -0.15) is 4.31 Å². The van der Waals surface area contributed by atoms with Crippen LogP contribution in [0.1, 0.15) is 24.1 Å². The maximum absolute atomic E-state index is 13.3. The molecule has 5 nitrogen and oxygen atoms in total. The van der Waals surface area contributed by atoms with Crippen LogP contribution < -0.4 is 0 Å². The molecule has 0 aromatic heterocycles. The van der Waals surface area contributed by atoms with E-state index in [9.17, 15) is 13.2 Å². The van der Waals surface area contributed by atoms with E-state index in [1.54, 1.807) is 37.3 Å². The molecule has 0 aliphatic carbocycles. The minimum Gasteiger partial charge on any atom is -0.463 e. The van der Waals surface area contributed by atoms with E-state index in [-0.39, 0.29) is 18.0 Å². The highest BCUT2D eigenvalue weighted by molar-refractivity contribution is 9.10. The summed E-state index contributed by atoms with van der Waals surface area (Å²) in [5, 5.41) is 0. The van der Waals surface area contributed by atoms with Gasteiger partial charge in [-0.3, -0.25) is 0 Å². The first-order valence-corrected chi connectivity index (χ1v) is 10.8. The number of ether oxygens (including phenoxy) is 1. The quantitative estimate of drug-likeness (QED) is 0.647. The number of hydrogen-bond acceptors (Lipinski definition) is 4. The maximum Gasteiger partial charge on any atom is 0.335 e. The summed E-state index contributed by atoms with van der Waals surface area (Å²) >= 11 is 3.42. The molecule has 0 saturated carbocycles. The van der Waals surface area contributed by atoms with E-state index in [0.717, 1.165) is 10.0 Å². The van der Waals surface area contributed by atoms with Crippen molar-refractivity contribution in [3.8, 4) is 0 Å². The lowest BCUT2D eigenvalue weighted by Crippen LogP contribution is -2.33. The highest BCUT2D eigenvalue weighted by atomic mass is 79.9. The molecular weight excluding hydrogens is 430 g/mol. The lowest BCUT2D eigenvalue weighted by atomic mass is 10.0. The van der Waals surface area contributed by atoms with Crippen molar-refractivity contribution in [1.82, 2.24) is 4.31 Å². The summed E-state index contributed by atoms with van der Waals surface area (Å²) in [7, 11) is -3.79. The molecule has 1 atom stereocenters. The average molecular weight is 450 g/mol. The van der Waals surface area contributed by atoms with Gasteiger partial charge in [0.05, 0.1) is 23.1 Å². The first-order valence-electron chi connectivity index (χ1n) is 8.55. The van der Waals surface area contributed by atoms with Crippen molar-refractivity contribution in [2.24, 2.45) is 0 Å². The number of rotatable bonds is 5. The van der Waals surface area contributed by atoms with Crippen LogP contribution in [0.5, 0.6) is 0 Å². The second kappa shape index (κ2) is 7.96. The zero-order valence-electron chi connectivity index (χ0n) is 15.1. The molecule has 7 heteroatoms. The molecule has 0 N–H and O–H groups in total. The maximum atomic E-state index is 13.3. The Hall–Kier alpha value is -1.96. The van der Waals surface area contributed by atoms with Crippen molar-refractivity contribution < 1.29 is 17.9 Å². The molecule has 2 aromatic carbocycles. The minimum atomic E-state index is -3.79. The van der Waals surface area contributed by atoms with Crippen LogP contribution >= 0.6 is 15.9 Å². The van der Waals surface area contributed by atoms with Crippen molar-refractivity contribution in [1.29, 1.82) is 0 Å². The summed E-state index contributed by atoms with van der Waals surface area (Å²) < 4.78 is 33.8. The smallest absolute Gasteiger partial charge is 0.335 e. The minimum absolute atomic E-state index is 0.113. The highest BCUT2D eigenvalue weighted by Gasteiger charge is 2.41. The van der Waals surface area contributed by atoms with Gasteiger partial charge in [0, 0.05) is 11.0 Å². The predicted octanol–water partition coefficient (Wildman–Crippen LogP) is 3.99. The SMILES string of the molecule is CCOC(=O)C1=CCN(S(=O)(=O)c2ccc(C)cc2)[C@@H]1c1cccc(Br)c1. The molecule has 0 spiro atoms. The van der Waals surface area contributed by atoms with Gasteiger partial charge in [-0.05, 0) is 43.7 Å². The fraction of sp³-hybridized carbons (Fsp3) is 0.250. The standard InChI is InChI=1S/C20H20BrNO4S/c1-3-26-20(23)18-11-12-22(19(18)15-5-4-6-16(21)13-15)27(24,25)17-9-7-14(2)8-10-17/h4-11,13,19H,3,12H2,1-2H3/t19-/m1/s1. The first-order chi connectivity index (χ1) is 12.8. The molecular formula is C20H20BrNO4S. The number of aryl methyl sites for hydroxylation is 1. The molecule has 0 fully saturated rings. The van der Waals surface area contributed by atoms with E-state index in [0.29, 0.717) is 11.1 Å². The van der Waals surface area contributed by atoms with Gasteiger partial charge >= 0.3 is 5.97 Å². The second-order valence-electron chi connectivity index (χ2n) is 6.23. The van der Waals surface area contributed by atoms with Gasteiger partial charge in [0.15, 0.2) is 0 Å². The molecule has 1 aliphatic rings. The summed E-state index contributed by atoms with van der Waals surface area (Å²) in [6.45, 7) is 3.97. The van der Waals surface area contributed by atoms with Gasteiger partial charge in [-0.1, -0.05) is 51.8 Å². The molecule has 0 saturated heterocycles. The monoisotopic (exact) mass is 449 g/mol. The highest BCUT2D eigenvalue weighted by Crippen LogP contribution is 2.38. The Balaban J connectivity index is 2.06. The van der Waals surface area contributed by atoms with Crippen LogP contribution in [0.15, 0.2) is 69.5 Å². The van der Waals surface area contributed by atoms with Crippen LogP contribution in [0.25, 0.3) is 0 Å². The Morgan fingerprint density at radius 1 is 1.22 bits per heavy atom. The van der Waals surface area contributed by atoms with Crippen molar-refractivity contribution in [3.05, 3.63) is 75.8 Å². The molecule has 142 valence electrons. The van der Waals surface area contributed by atoms with E-state index in [2.05, 4.69) is 15.9 Å². The number of carbonyl (C=O) groups is 1. The lowest BCUT2D eigenvalue weighted by Gasteiger charge is -2.26. The Labute approximate surface area is 167 Å². The van der Waals surface area contributed by atoms with Crippen LogP contribution in [0.3, 0.4) is 0 Å². The number of carbonyl (C=O) groups excluding carboxylic acids is 1. The summed E-state index contributed by atoms with van der Waals surface area (Å²) in [6, 6.07) is 13.3. The molecule has 0 radical (unpaired) electrons. The Morgan fingerprint density at radius 3 is 2.56 bits per heavy atom. The topological polar surface area (TPSA) is 63.7 Å². The summed E-state index contributed by atoms with van der Waals surface area (Å²) in [5.74, 6) is -0.496. The Kier molecular flexibility index (Phi) is 5.83. The molecule has 27 heavy (non-hydrogen) atoms. The van der Waals surface area contributed by atoms with Gasteiger partial charge in [-0.25, -0.2) is 13.2 Å². The van der Waals surface area contributed by atoms with E-state index in [1.165, 1.54) is 4.31 Å². The molecule has 1 aliphatic heterocycles. The third kappa shape index (κ3) is 4.00. The number of sulfonamides is 1. The van der Waals surface area contributed by atoms with Crippen LogP contribution in [0, 0.1) is 6.92 Å². The van der Waals surface area contributed by atoms with E-state index in [4.69, 9.17) is 4.74 Å². The first kappa shape index (κ1) is 19.8. The molecule has 2 aromatic rings. The number of nitrogens with zero attached hydrogens (tertiary/aromatic N) is 1. The van der Waals surface area contributed by atoms with E-state index >= 15 is 0 Å². The van der Waals surface area contributed by atoms with E-state index < -0.39 is 22.0 Å². The summed E-state index contributed by atoms with van der Waals surface area (Å²) in [5.41, 5.74) is 2.02. The molecule has 0 bridgehead atoms. The fourth-order valence-electron chi connectivity index (χ4n) is 3.07. The largest absolute Gasteiger partial charge is 0.463 e. The van der Waals surface area contributed by atoms with Crippen LogP contribution in [-0.2, 0) is 19.6 Å². The molecule has 3 rings (SSSR count). The van der Waals surface area contributed by atoms with Crippen LogP contribution in [-0.4, -0.2) is 31.8 Å². The predicted molar refractivity (Wildman–Crippen MR) is 107 cm³/mol. The zero-order chi connectivity index (χ0) is 19.6. The van der Waals surface area contributed by atoms with Crippen molar-refractivity contribution in [2.75, 3.05) is 13.2 Å². The van der Waals surface area contributed by atoms with Gasteiger partial charge in [0.25, 0.3) is 0 Å². The number of esters is 1. The Bertz CT molecular complexity index is 983. The van der Waals surface area contributed by atoms with Crippen LogP contribution in [0.2, 0.25) is 0 Å². The van der Waals surface area contributed by atoms with Crippen molar-refractivity contribution in [3.63, 3.8) is 0 Å². The summed E-state index contributed by atoms with van der Waals surface area (Å²) in [6.07, 6.45) is 1.63. The lowest BCUT2D eigenvalue weighted by molar-refractivity contribution is -0.138. The number of benzene rings is 2. The molecule has 1 heterocycles. The van der Waals surface area contributed by atoms with Crippen LogP contribution in [0.4, 0.5) is 0 Å². The number of halogens is 1. The second-order valence-corrected chi connectivity index (χ2v) is 9.03. The third-order valence-corrected chi connectivity index (χ3v) is 6.72. The van der Waals surface area contributed by atoms with Gasteiger partial charge in [-0.15, -0.1) is 0 Å². The third-order valence-electron chi connectivity index (χ3n) is 4.38. The van der Waals surface area contributed by atoms with Gasteiger partial charge in [0.1, 0.15) is 0 Å². The van der Waals surface area contributed by atoms with Crippen molar-refractivity contribution in [2.45, 2.75) is 24.8 Å². The summed E-state index contributed by atoms with van der Waals surface area (Å²) in [4.78, 5) is 12.6. The van der Waals surface area contributed by atoms with Gasteiger partial charge in [0.2, 0.25) is 10.0 Å². The van der Waals surface area contributed by atoms with E-state index in [1.807, 2.05) is 31.2 Å². The number of hydrogen-bond donors (Lipinski definition) is 0. The van der Waals surface area contributed by atoms with Crippen molar-refractivity contribution >= 4 is 31.9 Å². The van der Waals surface area contributed by atoms with Gasteiger partial charge < -0.3 is 4.74 Å². The fourth-order valence-corrected chi connectivity index (χ4v) is 5.03. The average Bonchev–Trinajstić information content (AvgIpc) is 3.08. The molecule has 0 unspecified atom stereocenters. The Morgan fingerprint density at radius 2 is 1.93 bits per heavy atom.